The molecule has 0 saturated carbocycles. The second-order valence-electron chi connectivity index (χ2n) is 4.08. The van der Waals surface area contributed by atoms with Crippen LogP contribution in [0.1, 0.15) is 36.9 Å². The van der Waals surface area contributed by atoms with Gasteiger partial charge in [0.2, 0.25) is 0 Å². The molecule has 0 radical (unpaired) electrons. The lowest BCUT2D eigenvalue weighted by molar-refractivity contribution is -0.117. The average molecular weight is 284 g/mol. The number of hydrogen-bond donors (Lipinski definition) is 1. The molecule has 16 heavy (non-hydrogen) atoms. The molecule has 1 rings (SSSR count). The summed E-state index contributed by atoms with van der Waals surface area (Å²) in [5, 5.41) is 3.27. The molecule has 1 aromatic carbocycles. The van der Waals surface area contributed by atoms with E-state index in [9.17, 15) is 4.79 Å². The largest absolute Gasteiger partial charge is 0.313 e. The van der Waals surface area contributed by atoms with Crippen LogP contribution in [0.25, 0.3) is 0 Å². The van der Waals surface area contributed by atoms with Crippen LogP contribution in [-0.2, 0) is 4.79 Å². The molecule has 1 N–H and O–H groups in total. The quantitative estimate of drug-likeness (QED) is 0.898. The van der Waals surface area contributed by atoms with E-state index in [1.165, 1.54) is 11.1 Å². The molecule has 0 amide bonds. The Kier molecular flexibility index (Phi) is 5.16. The van der Waals surface area contributed by atoms with Gasteiger partial charge < -0.3 is 10.1 Å². The maximum Gasteiger partial charge on any atom is 0.129 e. The van der Waals surface area contributed by atoms with Crippen LogP contribution < -0.4 is 5.32 Å². The number of Topliss-reactive ketones (excluding diaryl/α,β-unsaturated/α-hetero) is 1. The van der Waals surface area contributed by atoms with Gasteiger partial charge in [0.25, 0.3) is 0 Å². The number of rotatable bonds is 5. The SMILES string of the molecule is CNC(CCC(C)=O)c1cc(Br)ccc1C. The molecule has 1 aromatic rings. The fraction of sp³-hybridized carbons (Fsp3) is 0.462. The molecule has 0 aromatic heterocycles. The van der Waals surface area contributed by atoms with E-state index < -0.39 is 0 Å². The molecule has 1 unspecified atom stereocenters. The van der Waals surface area contributed by atoms with Crippen LogP contribution >= 0.6 is 15.9 Å². The van der Waals surface area contributed by atoms with Gasteiger partial charge in [-0.1, -0.05) is 22.0 Å². The van der Waals surface area contributed by atoms with E-state index in [0.717, 1.165) is 10.9 Å². The molecule has 0 aliphatic rings. The van der Waals surface area contributed by atoms with E-state index in [2.05, 4.69) is 40.3 Å². The van der Waals surface area contributed by atoms with E-state index in [1.54, 1.807) is 6.92 Å². The fourth-order valence-electron chi connectivity index (χ4n) is 1.79. The van der Waals surface area contributed by atoms with Crippen molar-refractivity contribution < 1.29 is 4.79 Å². The van der Waals surface area contributed by atoms with Crippen LogP contribution in [0, 0.1) is 6.92 Å². The van der Waals surface area contributed by atoms with Gasteiger partial charge in [-0.2, -0.15) is 0 Å². The minimum Gasteiger partial charge on any atom is -0.313 e. The number of carbonyl (C=O) groups is 1. The standard InChI is InChI=1S/C13H18BrNO/c1-9-4-6-11(14)8-12(9)13(15-3)7-5-10(2)16/h4,6,8,13,15H,5,7H2,1-3H3. The topological polar surface area (TPSA) is 29.1 Å². The molecule has 1 atom stereocenters. The molecular formula is C13H18BrNO. The van der Waals surface area contributed by atoms with Crippen LogP contribution in [0.15, 0.2) is 22.7 Å². The van der Waals surface area contributed by atoms with Gasteiger partial charge in [-0.3, -0.25) is 0 Å². The van der Waals surface area contributed by atoms with Gasteiger partial charge in [-0.05, 0) is 50.6 Å². The molecule has 0 spiro atoms. The Morgan fingerprint density at radius 1 is 1.50 bits per heavy atom. The Labute approximate surface area is 106 Å². The van der Waals surface area contributed by atoms with Crippen LogP contribution in [0.2, 0.25) is 0 Å². The second kappa shape index (κ2) is 6.16. The van der Waals surface area contributed by atoms with E-state index >= 15 is 0 Å². The minimum atomic E-state index is 0.243. The highest BCUT2D eigenvalue weighted by Crippen LogP contribution is 2.25. The summed E-state index contributed by atoms with van der Waals surface area (Å²) in [5.74, 6) is 0.243. The van der Waals surface area contributed by atoms with Gasteiger partial charge in [0.15, 0.2) is 0 Å². The van der Waals surface area contributed by atoms with Crippen molar-refractivity contribution in [3.8, 4) is 0 Å². The number of carbonyl (C=O) groups excluding carboxylic acids is 1. The molecule has 0 bridgehead atoms. The molecule has 88 valence electrons. The number of halogens is 1. The smallest absolute Gasteiger partial charge is 0.129 e. The highest BCUT2D eigenvalue weighted by molar-refractivity contribution is 9.10. The maximum atomic E-state index is 11.0. The van der Waals surface area contributed by atoms with Gasteiger partial charge in [0, 0.05) is 16.9 Å². The molecule has 0 fully saturated rings. The number of hydrogen-bond acceptors (Lipinski definition) is 2. The summed E-state index contributed by atoms with van der Waals surface area (Å²) in [6, 6.07) is 6.51. The van der Waals surface area contributed by atoms with Crippen LogP contribution in [-0.4, -0.2) is 12.8 Å². The van der Waals surface area contributed by atoms with Crippen LogP contribution in [0.5, 0.6) is 0 Å². The lowest BCUT2D eigenvalue weighted by atomic mass is 9.97. The van der Waals surface area contributed by atoms with E-state index in [0.29, 0.717) is 6.42 Å². The third-order valence-corrected chi connectivity index (χ3v) is 3.24. The number of ketones is 1. The predicted molar refractivity (Wildman–Crippen MR) is 70.6 cm³/mol. The molecule has 3 heteroatoms. The first-order valence-electron chi connectivity index (χ1n) is 5.47. The Morgan fingerprint density at radius 3 is 2.75 bits per heavy atom. The Morgan fingerprint density at radius 2 is 2.19 bits per heavy atom. The predicted octanol–water partition coefficient (Wildman–Crippen LogP) is 3.39. The summed E-state index contributed by atoms with van der Waals surface area (Å²) < 4.78 is 1.08. The highest BCUT2D eigenvalue weighted by Gasteiger charge is 2.12. The number of aryl methyl sites for hydroxylation is 1. The molecule has 0 saturated heterocycles. The average Bonchev–Trinajstić information content (AvgIpc) is 2.23. The summed E-state index contributed by atoms with van der Waals surface area (Å²) in [6.45, 7) is 3.74. The van der Waals surface area contributed by atoms with Crippen molar-refractivity contribution in [3.63, 3.8) is 0 Å². The van der Waals surface area contributed by atoms with Crippen molar-refractivity contribution in [1.82, 2.24) is 5.32 Å². The van der Waals surface area contributed by atoms with Gasteiger partial charge in [0.05, 0.1) is 0 Å². The highest BCUT2D eigenvalue weighted by atomic mass is 79.9. The molecule has 0 heterocycles. The van der Waals surface area contributed by atoms with Crippen LogP contribution in [0.3, 0.4) is 0 Å². The maximum absolute atomic E-state index is 11.0. The first-order chi connectivity index (χ1) is 7.54. The van der Waals surface area contributed by atoms with Gasteiger partial charge >= 0.3 is 0 Å². The summed E-state index contributed by atoms with van der Waals surface area (Å²) >= 11 is 3.48. The zero-order valence-corrected chi connectivity index (χ0v) is 11.6. The van der Waals surface area contributed by atoms with Crippen molar-refractivity contribution in [2.24, 2.45) is 0 Å². The Hall–Kier alpha value is -0.670. The minimum absolute atomic E-state index is 0.243. The van der Waals surface area contributed by atoms with Crippen molar-refractivity contribution in [2.75, 3.05) is 7.05 Å². The molecule has 2 nitrogen and oxygen atoms in total. The number of benzene rings is 1. The van der Waals surface area contributed by atoms with Gasteiger partial charge in [-0.15, -0.1) is 0 Å². The van der Waals surface area contributed by atoms with Gasteiger partial charge in [0.1, 0.15) is 5.78 Å². The monoisotopic (exact) mass is 283 g/mol. The first kappa shape index (κ1) is 13.4. The Balaban J connectivity index is 2.85. The van der Waals surface area contributed by atoms with E-state index in [1.807, 2.05) is 13.1 Å². The number of nitrogens with one attached hydrogen (secondary N) is 1. The molecule has 0 aliphatic heterocycles. The zero-order valence-electron chi connectivity index (χ0n) is 10.0. The van der Waals surface area contributed by atoms with E-state index in [-0.39, 0.29) is 11.8 Å². The van der Waals surface area contributed by atoms with Crippen molar-refractivity contribution >= 4 is 21.7 Å². The van der Waals surface area contributed by atoms with Crippen molar-refractivity contribution in [2.45, 2.75) is 32.7 Å². The zero-order chi connectivity index (χ0) is 12.1. The Bertz CT molecular complexity index is 376. The van der Waals surface area contributed by atoms with Crippen molar-refractivity contribution in [3.05, 3.63) is 33.8 Å². The first-order valence-corrected chi connectivity index (χ1v) is 6.26. The molecule has 0 aliphatic carbocycles. The lowest BCUT2D eigenvalue weighted by Gasteiger charge is -2.18. The van der Waals surface area contributed by atoms with Gasteiger partial charge in [-0.25, -0.2) is 0 Å². The summed E-state index contributed by atoms with van der Waals surface area (Å²) in [4.78, 5) is 11.0. The fourth-order valence-corrected chi connectivity index (χ4v) is 2.17. The third kappa shape index (κ3) is 3.72. The van der Waals surface area contributed by atoms with Crippen molar-refractivity contribution in [1.29, 1.82) is 0 Å². The lowest BCUT2D eigenvalue weighted by Crippen LogP contribution is -2.18. The normalized spacial score (nSPS) is 12.5. The van der Waals surface area contributed by atoms with Crippen LogP contribution in [0.4, 0.5) is 0 Å². The summed E-state index contributed by atoms with van der Waals surface area (Å²) in [6.07, 6.45) is 1.47. The third-order valence-electron chi connectivity index (χ3n) is 2.75. The summed E-state index contributed by atoms with van der Waals surface area (Å²) in [7, 11) is 1.94. The van der Waals surface area contributed by atoms with E-state index in [4.69, 9.17) is 0 Å². The molecular weight excluding hydrogens is 266 g/mol. The second-order valence-corrected chi connectivity index (χ2v) is 5.00. The summed E-state index contributed by atoms with van der Waals surface area (Å²) in [5.41, 5.74) is 2.52.